The molecule has 29 heavy (non-hydrogen) atoms. The largest absolute Gasteiger partial charge is 0.504 e. The first-order valence-corrected chi connectivity index (χ1v) is 10.0. The fraction of sp³-hybridized carbons (Fsp3) is 0.478. The first-order chi connectivity index (χ1) is 13.7. The lowest BCUT2D eigenvalue weighted by Gasteiger charge is -2.41. The highest BCUT2D eigenvalue weighted by Crippen LogP contribution is 2.48. The van der Waals surface area contributed by atoms with E-state index in [4.69, 9.17) is 9.47 Å². The van der Waals surface area contributed by atoms with Crippen LogP contribution in [0.1, 0.15) is 52.5 Å². The number of allylic oxidation sites excluding steroid dienone is 3. The maximum atomic E-state index is 13.2. The van der Waals surface area contributed by atoms with Gasteiger partial charge in [0.05, 0.1) is 24.7 Å². The molecule has 1 heterocycles. The van der Waals surface area contributed by atoms with Crippen LogP contribution < -0.4 is 10.1 Å². The number of phenols is 1. The molecule has 0 radical (unpaired) electrons. The van der Waals surface area contributed by atoms with Crippen molar-refractivity contribution in [3.63, 3.8) is 0 Å². The fourth-order valence-corrected chi connectivity index (χ4v) is 4.30. The minimum absolute atomic E-state index is 0.0230. The third-order valence-corrected chi connectivity index (χ3v) is 5.38. The number of benzene rings is 1. The number of nitrogens with one attached hydrogen (secondary N) is 1. The Bertz CT molecular complexity index is 897. The Kier molecular flexibility index (Phi) is 5.73. The predicted molar refractivity (Wildman–Crippen MR) is 109 cm³/mol. The summed E-state index contributed by atoms with van der Waals surface area (Å²) in [6, 6.07) is 5.00. The summed E-state index contributed by atoms with van der Waals surface area (Å²) < 4.78 is 10.8. The lowest BCUT2D eigenvalue weighted by molar-refractivity contribution is -0.139. The molecule has 1 aromatic rings. The van der Waals surface area contributed by atoms with Gasteiger partial charge in [-0.25, -0.2) is 4.79 Å². The number of esters is 1. The zero-order chi connectivity index (χ0) is 21.3. The molecule has 2 atom stereocenters. The van der Waals surface area contributed by atoms with E-state index >= 15 is 0 Å². The van der Waals surface area contributed by atoms with Gasteiger partial charge in [0.25, 0.3) is 0 Å². The van der Waals surface area contributed by atoms with Crippen molar-refractivity contribution in [2.45, 2.75) is 47.0 Å². The van der Waals surface area contributed by atoms with Crippen molar-refractivity contribution in [2.24, 2.45) is 11.3 Å². The van der Waals surface area contributed by atoms with E-state index in [0.717, 1.165) is 11.3 Å². The number of hydrogen-bond acceptors (Lipinski definition) is 6. The second-order valence-corrected chi connectivity index (χ2v) is 8.23. The first-order valence-electron chi connectivity index (χ1n) is 10.0. The third-order valence-electron chi connectivity index (χ3n) is 5.38. The number of ketones is 1. The summed E-state index contributed by atoms with van der Waals surface area (Å²) in [6.45, 7) is 10.1. The minimum Gasteiger partial charge on any atom is -0.504 e. The number of phenolic OH excluding ortho intramolecular Hbond substituents is 1. The summed E-state index contributed by atoms with van der Waals surface area (Å²) in [5.41, 5.74) is 2.41. The summed E-state index contributed by atoms with van der Waals surface area (Å²) in [5.74, 6) is -1.03. The fourth-order valence-electron chi connectivity index (χ4n) is 4.30. The number of fused-ring (bicyclic) bond motifs is 1. The molecule has 1 aromatic carbocycles. The van der Waals surface area contributed by atoms with E-state index in [1.165, 1.54) is 0 Å². The zero-order valence-electron chi connectivity index (χ0n) is 17.7. The van der Waals surface area contributed by atoms with Crippen LogP contribution in [-0.2, 0) is 14.3 Å². The normalized spacial score (nSPS) is 23.1. The first kappa shape index (κ1) is 21.0. The number of ether oxygens (including phenoxy) is 2. The maximum absolute atomic E-state index is 13.2. The average molecular weight is 399 g/mol. The quantitative estimate of drug-likeness (QED) is 0.733. The van der Waals surface area contributed by atoms with Crippen molar-refractivity contribution in [3.05, 3.63) is 46.8 Å². The molecule has 6 heteroatoms. The molecule has 0 fully saturated rings. The highest BCUT2D eigenvalue weighted by molar-refractivity contribution is 5.96. The van der Waals surface area contributed by atoms with Crippen LogP contribution in [0.25, 0.3) is 0 Å². The molecule has 1 aliphatic carbocycles. The summed E-state index contributed by atoms with van der Waals surface area (Å²) in [6.07, 6.45) is 2.48. The van der Waals surface area contributed by atoms with Gasteiger partial charge < -0.3 is 19.9 Å². The van der Waals surface area contributed by atoms with Gasteiger partial charge in [0.15, 0.2) is 11.5 Å². The molecule has 0 saturated carbocycles. The van der Waals surface area contributed by atoms with E-state index in [0.29, 0.717) is 30.0 Å². The average Bonchev–Trinajstić information content (AvgIpc) is 2.61. The van der Waals surface area contributed by atoms with Crippen molar-refractivity contribution >= 4 is 11.8 Å². The Morgan fingerprint density at radius 3 is 2.62 bits per heavy atom. The molecule has 3 rings (SSSR count). The molecule has 2 unspecified atom stereocenters. The molecule has 0 spiro atoms. The van der Waals surface area contributed by atoms with E-state index in [-0.39, 0.29) is 23.6 Å². The van der Waals surface area contributed by atoms with Gasteiger partial charge in [-0.2, -0.15) is 0 Å². The van der Waals surface area contributed by atoms with E-state index in [1.807, 2.05) is 27.7 Å². The van der Waals surface area contributed by atoms with Gasteiger partial charge in [-0.05, 0) is 43.9 Å². The molecule has 6 nitrogen and oxygen atoms in total. The Morgan fingerprint density at radius 1 is 1.24 bits per heavy atom. The highest BCUT2D eigenvalue weighted by Gasteiger charge is 2.46. The third kappa shape index (κ3) is 4.02. The van der Waals surface area contributed by atoms with Crippen LogP contribution in [0.5, 0.6) is 11.5 Å². The smallest absolute Gasteiger partial charge is 0.336 e. The van der Waals surface area contributed by atoms with E-state index in [1.54, 1.807) is 25.1 Å². The Balaban J connectivity index is 2.20. The van der Waals surface area contributed by atoms with E-state index in [2.05, 4.69) is 11.4 Å². The number of rotatable bonds is 5. The number of carbonyl (C=O) groups is 2. The second-order valence-electron chi connectivity index (χ2n) is 8.23. The number of Topliss-reactive ketones (excluding diaryl/α,β-unsaturated/α-hetero) is 1. The highest BCUT2D eigenvalue weighted by atomic mass is 16.5. The van der Waals surface area contributed by atoms with Gasteiger partial charge in [0, 0.05) is 23.7 Å². The number of hydrogen-bond donors (Lipinski definition) is 2. The van der Waals surface area contributed by atoms with Crippen LogP contribution >= 0.6 is 0 Å². The van der Waals surface area contributed by atoms with Gasteiger partial charge in [0.2, 0.25) is 0 Å². The monoisotopic (exact) mass is 399 g/mol. The molecule has 0 aromatic heterocycles. The van der Waals surface area contributed by atoms with Crippen molar-refractivity contribution < 1.29 is 24.2 Å². The molecule has 0 amide bonds. The Morgan fingerprint density at radius 2 is 1.97 bits per heavy atom. The van der Waals surface area contributed by atoms with Crippen molar-refractivity contribution in [2.75, 3.05) is 13.2 Å². The molecule has 2 N–H and O–H groups in total. The van der Waals surface area contributed by atoms with E-state index in [9.17, 15) is 14.7 Å². The summed E-state index contributed by atoms with van der Waals surface area (Å²) in [5, 5.41) is 13.4. The molecular weight excluding hydrogens is 370 g/mol. The molecule has 1 aliphatic heterocycles. The van der Waals surface area contributed by atoms with Crippen molar-refractivity contribution in [3.8, 4) is 11.5 Å². The van der Waals surface area contributed by atoms with Crippen LogP contribution in [0, 0.1) is 11.3 Å². The molecular formula is C23H29NO5. The summed E-state index contributed by atoms with van der Waals surface area (Å²) in [7, 11) is 0. The number of aromatic hydroxyl groups is 1. The minimum atomic E-state index is -0.509. The zero-order valence-corrected chi connectivity index (χ0v) is 17.7. The van der Waals surface area contributed by atoms with Crippen LogP contribution in [0.3, 0.4) is 0 Å². The van der Waals surface area contributed by atoms with Crippen LogP contribution in [0.15, 0.2) is 41.2 Å². The van der Waals surface area contributed by atoms with Gasteiger partial charge in [-0.3, -0.25) is 4.79 Å². The second kappa shape index (κ2) is 7.93. The Hall–Kier alpha value is -2.76. The summed E-state index contributed by atoms with van der Waals surface area (Å²) in [4.78, 5) is 26.0. The standard InChI is InChI=1S/C23H29NO5/c1-6-28-18-10-14(8-9-16(18)25)20-19(22(27)29-7-2)13(3)24-15-11-23(4,5)12-17(26)21(15)20/h8-11,20-21,24-25H,6-7,12H2,1-5H3. The van der Waals surface area contributed by atoms with Gasteiger partial charge in [-0.15, -0.1) is 0 Å². The van der Waals surface area contributed by atoms with Gasteiger partial charge >= 0.3 is 5.97 Å². The van der Waals surface area contributed by atoms with Crippen LogP contribution in [0.4, 0.5) is 0 Å². The van der Waals surface area contributed by atoms with E-state index < -0.39 is 17.8 Å². The molecule has 2 aliphatic rings. The summed E-state index contributed by atoms with van der Waals surface area (Å²) >= 11 is 0. The maximum Gasteiger partial charge on any atom is 0.336 e. The predicted octanol–water partition coefficient (Wildman–Crippen LogP) is 3.81. The van der Waals surface area contributed by atoms with Crippen LogP contribution in [-0.4, -0.2) is 30.1 Å². The lowest BCUT2D eigenvalue weighted by Crippen LogP contribution is -2.43. The Labute approximate surface area is 171 Å². The van der Waals surface area contributed by atoms with Gasteiger partial charge in [0.1, 0.15) is 5.78 Å². The lowest BCUT2D eigenvalue weighted by atomic mass is 9.66. The topological polar surface area (TPSA) is 84.9 Å². The molecule has 0 saturated heterocycles. The van der Waals surface area contributed by atoms with Crippen LogP contribution in [0.2, 0.25) is 0 Å². The van der Waals surface area contributed by atoms with Gasteiger partial charge in [-0.1, -0.05) is 26.0 Å². The number of carbonyl (C=O) groups excluding carboxylic acids is 2. The van der Waals surface area contributed by atoms with Crippen molar-refractivity contribution in [1.82, 2.24) is 5.32 Å². The molecule has 156 valence electrons. The van der Waals surface area contributed by atoms with Crippen molar-refractivity contribution in [1.29, 1.82) is 0 Å². The molecule has 0 bridgehead atoms. The SMILES string of the molecule is CCOC(=O)C1=C(C)NC2=CC(C)(C)CC(=O)C2C1c1ccc(O)c(OCC)c1.